The average molecular weight is 428 g/mol. The molecule has 6 nitrogen and oxygen atoms in total. The van der Waals surface area contributed by atoms with Crippen LogP contribution in [0.15, 0.2) is 4.99 Å². The van der Waals surface area contributed by atoms with Gasteiger partial charge in [0.1, 0.15) is 0 Å². The minimum Gasteiger partial charge on any atom is -0.379 e. The minimum absolute atomic E-state index is 0. The maximum Gasteiger partial charge on any atom is 0.190 e. The maximum atomic E-state index is 5.63. The highest BCUT2D eigenvalue weighted by atomic mass is 127. The van der Waals surface area contributed by atoms with Gasteiger partial charge in [-0.05, 0) is 46.3 Å². The number of nitrogens with one attached hydrogen (secondary N) is 2. The van der Waals surface area contributed by atoms with Gasteiger partial charge in [-0.15, -0.1) is 24.0 Å². The van der Waals surface area contributed by atoms with Gasteiger partial charge in [-0.1, -0.05) is 0 Å². The molecule has 0 aromatic heterocycles. The Bertz CT molecular complexity index is 285. The molecule has 0 radical (unpaired) electrons. The predicted octanol–water partition coefficient (Wildman–Crippen LogP) is 1.31. The van der Waals surface area contributed by atoms with Crippen molar-refractivity contribution in [1.82, 2.24) is 15.5 Å². The summed E-state index contributed by atoms with van der Waals surface area (Å²) in [7, 11) is 5.97. The van der Waals surface area contributed by atoms with Crippen LogP contribution in [0.4, 0.5) is 0 Å². The van der Waals surface area contributed by atoms with E-state index in [0.717, 1.165) is 64.7 Å². The lowest BCUT2D eigenvalue weighted by molar-refractivity contribution is 0.0168. The van der Waals surface area contributed by atoms with Crippen LogP contribution >= 0.6 is 24.0 Å². The standard InChI is InChI=1S/C15H32N4O2.HI/c1-16-15(17-8-5-10-19(2)3)18-9-6-11-20-13-14-7-4-12-21-14;/h14H,4-13H2,1-3H3,(H2,16,17,18);1H. The number of aliphatic imine (C=N–C) groups is 1. The van der Waals surface area contributed by atoms with Crippen molar-refractivity contribution in [3.8, 4) is 0 Å². The van der Waals surface area contributed by atoms with Crippen LogP contribution in [0.3, 0.4) is 0 Å². The number of hydrogen-bond acceptors (Lipinski definition) is 4. The summed E-state index contributed by atoms with van der Waals surface area (Å²) in [5.41, 5.74) is 0. The second-order valence-electron chi connectivity index (χ2n) is 5.65. The monoisotopic (exact) mass is 428 g/mol. The van der Waals surface area contributed by atoms with E-state index in [-0.39, 0.29) is 24.0 Å². The molecule has 1 saturated heterocycles. The zero-order valence-corrected chi connectivity index (χ0v) is 16.6. The number of halogens is 1. The van der Waals surface area contributed by atoms with Gasteiger partial charge in [0.2, 0.25) is 0 Å². The van der Waals surface area contributed by atoms with E-state index in [1.165, 1.54) is 6.42 Å². The van der Waals surface area contributed by atoms with Gasteiger partial charge in [0.15, 0.2) is 5.96 Å². The van der Waals surface area contributed by atoms with Gasteiger partial charge < -0.3 is 25.0 Å². The Kier molecular flexibility index (Phi) is 14.4. The summed E-state index contributed by atoms with van der Waals surface area (Å²) in [5, 5.41) is 6.61. The van der Waals surface area contributed by atoms with E-state index in [1.54, 1.807) is 7.05 Å². The molecule has 2 N–H and O–H groups in total. The Labute approximate surface area is 152 Å². The van der Waals surface area contributed by atoms with E-state index in [1.807, 2.05) is 0 Å². The fraction of sp³-hybridized carbons (Fsp3) is 0.933. The molecular weight excluding hydrogens is 395 g/mol. The quantitative estimate of drug-likeness (QED) is 0.238. The van der Waals surface area contributed by atoms with Gasteiger partial charge in [0, 0.05) is 33.4 Å². The third-order valence-corrected chi connectivity index (χ3v) is 3.38. The normalized spacial score (nSPS) is 18.4. The SMILES string of the molecule is CN=C(NCCCOCC1CCCO1)NCCCN(C)C.I. The van der Waals surface area contributed by atoms with Gasteiger partial charge in [0.05, 0.1) is 12.7 Å². The number of guanidine groups is 1. The van der Waals surface area contributed by atoms with E-state index in [0.29, 0.717) is 6.10 Å². The van der Waals surface area contributed by atoms with E-state index in [4.69, 9.17) is 9.47 Å². The maximum absolute atomic E-state index is 5.63. The summed E-state index contributed by atoms with van der Waals surface area (Å²) in [6.07, 6.45) is 4.72. The lowest BCUT2D eigenvalue weighted by atomic mass is 10.2. The lowest BCUT2D eigenvalue weighted by Gasteiger charge is -2.14. The number of hydrogen-bond donors (Lipinski definition) is 2. The lowest BCUT2D eigenvalue weighted by Crippen LogP contribution is -2.39. The van der Waals surface area contributed by atoms with Crippen molar-refractivity contribution in [1.29, 1.82) is 0 Å². The molecule has 1 atom stereocenters. The summed E-state index contributed by atoms with van der Waals surface area (Å²) in [4.78, 5) is 6.39. The average Bonchev–Trinajstić information content (AvgIpc) is 2.97. The van der Waals surface area contributed by atoms with Crippen LogP contribution in [0.2, 0.25) is 0 Å². The molecule has 22 heavy (non-hydrogen) atoms. The predicted molar refractivity (Wildman–Crippen MR) is 102 cm³/mol. The van der Waals surface area contributed by atoms with Crippen LogP contribution in [-0.4, -0.2) is 77.6 Å². The summed E-state index contributed by atoms with van der Waals surface area (Å²) in [5.74, 6) is 0.868. The van der Waals surface area contributed by atoms with Gasteiger partial charge in [-0.25, -0.2) is 0 Å². The molecule has 132 valence electrons. The van der Waals surface area contributed by atoms with E-state index in [2.05, 4.69) is 34.6 Å². The molecule has 0 amide bonds. The molecular formula is C15H33IN4O2. The van der Waals surface area contributed by atoms with Crippen LogP contribution in [0.25, 0.3) is 0 Å². The first kappa shape index (κ1) is 21.9. The van der Waals surface area contributed by atoms with Gasteiger partial charge >= 0.3 is 0 Å². The highest BCUT2D eigenvalue weighted by Crippen LogP contribution is 2.11. The van der Waals surface area contributed by atoms with Crippen LogP contribution < -0.4 is 10.6 Å². The Morgan fingerprint density at radius 3 is 2.59 bits per heavy atom. The fourth-order valence-corrected chi connectivity index (χ4v) is 2.19. The molecule has 0 aliphatic carbocycles. The summed E-state index contributed by atoms with van der Waals surface area (Å²) >= 11 is 0. The van der Waals surface area contributed by atoms with E-state index >= 15 is 0 Å². The Morgan fingerprint density at radius 2 is 2.00 bits per heavy atom. The number of ether oxygens (including phenoxy) is 2. The fourth-order valence-electron chi connectivity index (χ4n) is 2.19. The third kappa shape index (κ3) is 11.4. The highest BCUT2D eigenvalue weighted by Gasteiger charge is 2.14. The zero-order valence-electron chi connectivity index (χ0n) is 14.3. The molecule has 1 aliphatic rings. The second-order valence-corrected chi connectivity index (χ2v) is 5.65. The molecule has 1 heterocycles. The van der Waals surface area contributed by atoms with Crippen molar-refractivity contribution < 1.29 is 9.47 Å². The molecule has 0 aromatic carbocycles. The molecule has 0 aromatic rings. The summed E-state index contributed by atoms with van der Waals surface area (Å²) < 4.78 is 11.1. The van der Waals surface area contributed by atoms with Crippen molar-refractivity contribution >= 4 is 29.9 Å². The zero-order chi connectivity index (χ0) is 15.3. The topological polar surface area (TPSA) is 58.1 Å². The van der Waals surface area contributed by atoms with Gasteiger partial charge in [0.25, 0.3) is 0 Å². The molecule has 0 bridgehead atoms. The summed E-state index contributed by atoms with van der Waals surface area (Å²) in [6.45, 7) is 5.29. The van der Waals surface area contributed by atoms with Crippen molar-refractivity contribution in [3.63, 3.8) is 0 Å². The Hall–Kier alpha value is -0.120. The van der Waals surface area contributed by atoms with Crippen molar-refractivity contribution in [2.75, 3.05) is 60.6 Å². The smallest absolute Gasteiger partial charge is 0.190 e. The molecule has 1 unspecified atom stereocenters. The molecule has 1 fully saturated rings. The van der Waals surface area contributed by atoms with Crippen LogP contribution in [0, 0.1) is 0 Å². The van der Waals surface area contributed by atoms with E-state index in [9.17, 15) is 0 Å². The Morgan fingerprint density at radius 1 is 1.27 bits per heavy atom. The molecule has 0 spiro atoms. The first-order chi connectivity index (χ1) is 10.2. The second kappa shape index (κ2) is 14.5. The van der Waals surface area contributed by atoms with Crippen LogP contribution in [0.1, 0.15) is 25.7 Å². The number of nitrogens with zero attached hydrogens (tertiary/aromatic N) is 2. The largest absolute Gasteiger partial charge is 0.379 e. The van der Waals surface area contributed by atoms with Crippen LogP contribution in [-0.2, 0) is 9.47 Å². The van der Waals surface area contributed by atoms with Crippen molar-refractivity contribution in [2.45, 2.75) is 31.8 Å². The molecule has 1 aliphatic heterocycles. The first-order valence-electron chi connectivity index (χ1n) is 8.01. The summed E-state index contributed by atoms with van der Waals surface area (Å²) in [6, 6.07) is 0. The van der Waals surface area contributed by atoms with Crippen molar-refractivity contribution in [3.05, 3.63) is 0 Å². The number of rotatable bonds is 10. The molecule has 7 heteroatoms. The van der Waals surface area contributed by atoms with E-state index < -0.39 is 0 Å². The minimum atomic E-state index is 0. The molecule has 1 rings (SSSR count). The van der Waals surface area contributed by atoms with Gasteiger partial charge in [-0.3, -0.25) is 4.99 Å². The first-order valence-corrected chi connectivity index (χ1v) is 8.01. The third-order valence-electron chi connectivity index (χ3n) is 3.38. The van der Waals surface area contributed by atoms with Crippen molar-refractivity contribution in [2.24, 2.45) is 4.99 Å². The highest BCUT2D eigenvalue weighted by molar-refractivity contribution is 14.0. The Balaban J connectivity index is 0.00000441. The van der Waals surface area contributed by atoms with Gasteiger partial charge in [-0.2, -0.15) is 0 Å². The van der Waals surface area contributed by atoms with Crippen LogP contribution in [0.5, 0.6) is 0 Å². The molecule has 0 saturated carbocycles.